The minimum atomic E-state index is -1.85. The zero-order valence-electron chi connectivity index (χ0n) is 6.89. The number of hydrogen-bond acceptors (Lipinski definition) is 2. The van der Waals surface area contributed by atoms with E-state index in [9.17, 15) is 0 Å². The van der Waals surface area contributed by atoms with Crippen LogP contribution in [-0.2, 0) is 0 Å². The van der Waals surface area contributed by atoms with Crippen molar-refractivity contribution >= 4 is 0 Å². The van der Waals surface area contributed by atoms with Crippen LogP contribution in [0.15, 0.2) is 0 Å². The molecule has 0 aromatic rings. The predicted molar refractivity (Wildman–Crippen MR) is 40.1 cm³/mol. The zero-order valence-corrected chi connectivity index (χ0v) is 6.89. The second-order valence-electron chi connectivity index (χ2n) is 3.52. The van der Waals surface area contributed by atoms with Gasteiger partial charge in [0.15, 0.2) is 0 Å². The van der Waals surface area contributed by atoms with Gasteiger partial charge in [-0.2, -0.15) is 0 Å². The Balaban J connectivity index is 4.19. The Bertz CT molecular complexity index is 140. The molecule has 58 valence electrons. The number of aliphatic hydroxyl groups is 2. The summed E-state index contributed by atoms with van der Waals surface area (Å²) in [5.41, 5.74) is -0.174. The van der Waals surface area contributed by atoms with E-state index in [-0.39, 0.29) is 5.41 Å². The van der Waals surface area contributed by atoms with Crippen LogP contribution >= 0.6 is 0 Å². The molecule has 10 heavy (non-hydrogen) atoms. The minimum Gasteiger partial charge on any atom is -0.356 e. The van der Waals surface area contributed by atoms with Crippen molar-refractivity contribution in [3.63, 3.8) is 0 Å². The van der Waals surface area contributed by atoms with Gasteiger partial charge in [-0.3, -0.25) is 0 Å². The standard InChI is InChI=1S/C8H14O2/c1-7(2,3)5-6-8(4,9)10/h9-10H,1-4H3. The van der Waals surface area contributed by atoms with Crippen LogP contribution in [0.5, 0.6) is 0 Å². The normalized spacial score (nSPS) is 12.2. The average molecular weight is 142 g/mol. The van der Waals surface area contributed by atoms with Gasteiger partial charge in [0.25, 0.3) is 0 Å². The van der Waals surface area contributed by atoms with E-state index < -0.39 is 5.79 Å². The maximum absolute atomic E-state index is 8.76. The molecular weight excluding hydrogens is 128 g/mol. The van der Waals surface area contributed by atoms with E-state index in [0.717, 1.165) is 0 Å². The molecular formula is C8H14O2. The molecule has 2 nitrogen and oxygen atoms in total. The molecule has 0 atom stereocenters. The van der Waals surface area contributed by atoms with Gasteiger partial charge in [-0.1, -0.05) is 5.92 Å². The Morgan fingerprint density at radius 3 is 1.40 bits per heavy atom. The van der Waals surface area contributed by atoms with Gasteiger partial charge in [-0.15, -0.1) is 0 Å². The molecule has 0 unspecified atom stereocenters. The fourth-order valence-electron chi connectivity index (χ4n) is 0.306. The fraction of sp³-hybridized carbons (Fsp3) is 0.750. The van der Waals surface area contributed by atoms with Gasteiger partial charge in [0, 0.05) is 12.3 Å². The van der Waals surface area contributed by atoms with Gasteiger partial charge in [0.1, 0.15) is 0 Å². The first-order valence-corrected chi connectivity index (χ1v) is 3.20. The van der Waals surface area contributed by atoms with E-state index in [0.29, 0.717) is 0 Å². The quantitative estimate of drug-likeness (QED) is 0.387. The first kappa shape index (κ1) is 9.48. The largest absolute Gasteiger partial charge is 0.356 e. The maximum atomic E-state index is 8.76. The summed E-state index contributed by atoms with van der Waals surface area (Å²) < 4.78 is 0. The highest BCUT2D eigenvalue weighted by molar-refractivity contribution is 5.12. The van der Waals surface area contributed by atoms with Gasteiger partial charge >= 0.3 is 0 Å². The summed E-state index contributed by atoms with van der Waals surface area (Å²) in [4.78, 5) is 0. The Labute approximate surface area is 61.9 Å². The summed E-state index contributed by atoms with van der Waals surface area (Å²) in [6.45, 7) is 6.97. The summed E-state index contributed by atoms with van der Waals surface area (Å²) in [6, 6.07) is 0. The van der Waals surface area contributed by atoms with Crippen molar-refractivity contribution in [2.75, 3.05) is 0 Å². The highest BCUT2D eigenvalue weighted by Crippen LogP contribution is 2.10. The molecule has 0 saturated carbocycles. The third kappa shape index (κ3) is 7.48. The maximum Gasteiger partial charge on any atom is 0.225 e. The van der Waals surface area contributed by atoms with Crippen LogP contribution in [0.2, 0.25) is 0 Å². The highest BCUT2D eigenvalue weighted by atomic mass is 16.5. The van der Waals surface area contributed by atoms with Crippen LogP contribution in [-0.4, -0.2) is 16.0 Å². The van der Waals surface area contributed by atoms with Crippen LogP contribution in [0, 0.1) is 17.3 Å². The summed E-state index contributed by atoms with van der Waals surface area (Å²) in [5.74, 6) is 3.18. The molecule has 0 fully saturated rings. The molecule has 0 radical (unpaired) electrons. The van der Waals surface area contributed by atoms with Crippen LogP contribution in [0.1, 0.15) is 27.7 Å². The molecule has 0 heterocycles. The Kier molecular flexibility index (Phi) is 2.48. The van der Waals surface area contributed by atoms with Gasteiger partial charge in [0.05, 0.1) is 0 Å². The van der Waals surface area contributed by atoms with Crippen LogP contribution in [0.25, 0.3) is 0 Å². The van der Waals surface area contributed by atoms with Crippen LogP contribution in [0.4, 0.5) is 0 Å². The number of rotatable bonds is 0. The van der Waals surface area contributed by atoms with E-state index in [1.807, 2.05) is 20.8 Å². The molecule has 0 aliphatic heterocycles. The van der Waals surface area contributed by atoms with Crippen molar-refractivity contribution in [2.24, 2.45) is 5.41 Å². The first-order valence-electron chi connectivity index (χ1n) is 3.20. The summed E-state index contributed by atoms with van der Waals surface area (Å²) >= 11 is 0. The molecule has 0 aromatic heterocycles. The molecule has 0 spiro atoms. The molecule has 2 heteroatoms. The monoisotopic (exact) mass is 142 g/mol. The minimum absolute atomic E-state index is 0.174. The highest BCUT2D eigenvalue weighted by Gasteiger charge is 2.11. The van der Waals surface area contributed by atoms with Crippen molar-refractivity contribution < 1.29 is 10.2 Å². The number of hydrogen-bond donors (Lipinski definition) is 2. The summed E-state index contributed by atoms with van der Waals surface area (Å²) in [6.07, 6.45) is 0. The summed E-state index contributed by atoms with van der Waals surface area (Å²) in [5, 5.41) is 17.5. The Morgan fingerprint density at radius 1 is 0.900 bits per heavy atom. The van der Waals surface area contributed by atoms with Gasteiger partial charge in [0.2, 0.25) is 5.79 Å². The summed E-state index contributed by atoms with van der Waals surface area (Å²) in [7, 11) is 0. The third-order valence-electron chi connectivity index (χ3n) is 0.674. The lowest BCUT2D eigenvalue weighted by Gasteiger charge is -2.10. The van der Waals surface area contributed by atoms with Crippen molar-refractivity contribution in [1.29, 1.82) is 0 Å². The van der Waals surface area contributed by atoms with Crippen molar-refractivity contribution in [3.8, 4) is 11.8 Å². The molecule has 0 aliphatic rings. The molecule has 0 aromatic carbocycles. The lowest BCUT2D eigenvalue weighted by molar-refractivity contribution is -0.0917. The molecule has 2 N–H and O–H groups in total. The molecule has 0 amide bonds. The van der Waals surface area contributed by atoms with E-state index >= 15 is 0 Å². The van der Waals surface area contributed by atoms with Crippen molar-refractivity contribution in [3.05, 3.63) is 0 Å². The lowest BCUT2D eigenvalue weighted by Crippen LogP contribution is -2.20. The Morgan fingerprint density at radius 2 is 1.30 bits per heavy atom. The molecule has 0 aliphatic carbocycles. The first-order chi connectivity index (χ1) is 4.21. The predicted octanol–water partition coefficient (Wildman–Crippen LogP) is 0.737. The van der Waals surface area contributed by atoms with E-state index in [1.165, 1.54) is 6.92 Å². The van der Waals surface area contributed by atoms with Crippen LogP contribution < -0.4 is 0 Å². The second-order valence-corrected chi connectivity index (χ2v) is 3.52. The van der Waals surface area contributed by atoms with Gasteiger partial charge < -0.3 is 10.2 Å². The van der Waals surface area contributed by atoms with Crippen LogP contribution in [0.3, 0.4) is 0 Å². The lowest BCUT2D eigenvalue weighted by atomic mass is 9.97. The fourth-order valence-corrected chi connectivity index (χ4v) is 0.306. The SMILES string of the molecule is CC(C)(C)C#CC(C)(O)O. The third-order valence-corrected chi connectivity index (χ3v) is 0.674. The van der Waals surface area contributed by atoms with E-state index in [4.69, 9.17) is 10.2 Å². The van der Waals surface area contributed by atoms with Gasteiger partial charge in [-0.05, 0) is 26.7 Å². The van der Waals surface area contributed by atoms with Gasteiger partial charge in [-0.25, -0.2) is 0 Å². The van der Waals surface area contributed by atoms with E-state index in [2.05, 4.69) is 11.8 Å². The Hall–Kier alpha value is -0.520. The smallest absolute Gasteiger partial charge is 0.225 e. The molecule has 0 rings (SSSR count). The van der Waals surface area contributed by atoms with E-state index in [1.54, 1.807) is 0 Å². The molecule has 0 saturated heterocycles. The second kappa shape index (κ2) is 2.61. The topological polar surface area (TPSA) is 40.5 Å². The zero-order chi connectivity index (χ0) is 8.41. The molecule has 0 bridgehead atoms. The van der Waals surface area contributed by atoms with Crippen molar-refractivity contribution in [2.45, 2.75) is 33.5 Å². The average Bonchev–Trinajstić information content (AvgIpc) is 1.57. The van der Waals surface area contributed by atoms with Crippen molar-refractivity contribution in [1.82, 2.24) is 0 Å².